The second kappa shape index (κ2) is 4.99. The van der Waals surface area contributed by atoms with E-state index in [-0.39, 0.29) is 0 Å². The highest BCUT2D eigenvalue weighted by atomic mass is 79.9. The SMILES string of the molecule is Cc1c(Br)cccc1-n1c(CCl)nc2ccccc21. The summed E-state index contributed by atoms with van der Waals surface area (Å²) in [6.07, 6.45) is 0. The Hall–Kier alpha value is -1.32. The van der Waals surface area contributed by atoms with Gasteiger partial charge < -0.3 is 0 Å². The van der Waals surface area contributed by atoms with Gasteiger partial charge in [0.2, 0.25) is 0 Å². The Bertz CT molecular complexity index is 749. The highest BCUT2D eigenvalue weighted by Gasteiger charge is 2.13. The molecule has 0 spiro atoms. The third-order valence-corrected chi connectivity index (χ3v) is 4.33. The molecule has 1 heterocycles. The van der Waals surface area contributed by atoms with Crippen molar-refractivity contribution in [2.24, 2.45) is 0 Å². The molecule has 2 aromatic carbocycles. The van der Waals surface area contributed by atoms with E-state index >= 15 is 0 Å². The highest BCUT2D eigenvalue weighted by Crippen LogP contribution is 2.28. The Morgan fingerprint density at radius 1 is 1.16 bits per heavy atom. The van der Waals surface area contributed by atoms with Gasteiger partial charge in [-0.1, -0.05) is 34.1 Å². The van der Waals surface area contributed by atoms with Crippen molar-refractivity contribution < 1.29 is 0 Å². The van der Waals surface area contributed by atoms with E-state index < -0.39 is 0 Å². The summed E-state index contributed by atoms with van der Waals surface area (Å²) in [6, 6.07) is 14.2. The molecular formula is C15H12BrClN2. The Labute approximate surface area is 125 Å². The van der Waals surface area contributed by atoms with Gasteiger partial charge in [0.1, 0.15) is 5.82 Å². The lowest BCUT2D eigenvalue weighted by Gasteiger charge is -2.12. The average molecular weight is 336 g/mol. The Morgan fingerprint density at radius 2 is 1.95 bits per heavy atom. The number of imidazole rings is 1. The van der Waals surface area contributed by atoms with E-state index in [1.165, 1.54) is 5.56 Å². The molecule has 2 nitrogen and oxygen atoms in total. The van der Waals surface area contributed by atoms with Crippen LogP contribution in [0.15, 0.2) is 46.9 Å². The minimum Gasteiger partial charge on any atom is -0.295 e. The van der Waals surface area contributed by atoms with Crippen molar-refractivity contribution in [1.29, 1.82) is 0 Å². The van der Waals surface area contributed by atoms with Crippen LogP contribution in [0.3, 0.4) is 0 Å². The van der Waals surface area contributed by atoms with Crippen molar-refractivity contribution in [2.75, 3.05) is 0 Å². The zero-order valence-electron chi connectivity index (χ0n) is 10.4. The summed E-state index contributed by atoms with van der Waals surface area (Å²) in [5.41, 5.74) is 4.34. The first-order valence-electron chi connectivity index (χ1n) is 6.00. The number of para-hydroxylation sites is 2. The summed E-state index contributed by atoms with van der Waals surface area (Å²) >= 11 is 9.63. The fraction of sp³-hybridized carbons (Fsp3) is 0.133. The molecule has 0 aliphatic rings. The predicted octanol–water partition coefficient (Wildman–Crippen LogP) is 4.84. The third kappa shape index (κ3) is 2.07. The summed E-state index contributed by atoms with van der Waals surface area (Å²) in [5.74, 6) is 1.25. The van der Waals surface area contributed by atoms with Crippen LogP contribution in [0.2, 0.25) is 0 Å². The lowest BCUT2D eigenvalue weighted by Crippen LogP contribution is -2.01. The van der Waals surface area contributed by atoms with Gasteiger partial charge in [-0.25, -0.2) is 4.98 Å². The molecule has 4 heteroatoms. The summed E-state index contributed by atoms with van der Waals surface area (Å²) < 4.78 is 3.21. The van der Waals surface area contributed by atoms with Gasteiger partial charge >= 0.3 is 0 Å². The maximum atomic E-state index is 6.05. The molecule has 0 bridgehead atoms. The topological polar surface area (TPSA) is 17.8 Å². The number of benzene rings is 2. The molecule has 0 saturated heterocycles. The molecule has 1 aromatic heterocycles. The molecule has 0 N–H and O–H groups in total. The molecule has 3 rings (SSSR count). The first kappa shape index (κ1) is 12.7. The van der Waals surface area contributed by atoms with Crippen molar-refractivity contribution in [2.45, 2.75) is 12.8 Å². The van der Waals surface area contributed by atoms with Crippen molar-refractivity contribution >= 4 is 38.6 Å². The minimum atomic E-state index is 0.390. The third-order valence-electron chi connectivity index (χ3n) is 3.23. The molecule has 0 atom stereocenters. The second-order valence-electron chi connectivity index (χ2n) is 4.37. The molecule has 0 saturated carbocycles. The van der Waals surface area contributed by atoms with E-state index in [1.807, 2.05) is 30.3 Å². The second-order valence-corrected chi connectivity index (χ2v) is 5.49. The fourth-order valence-corrected chi connectivity index (χ4v) is 2.81. The predicted molar refractivity (Wildman–Crippen MR) is 83.1 cm³/mol. The summed E-state index contributed by atoms with van der Waals surface area (Å²) in [4.78, 5) is 4.59. The van der Waals surface area contributed by atoms with Gasteiger partial charge in [0, 0.05) is 4.47 Å². The van der Waals surface area contributed by atoms with E-state index in [2.05, 4.69) is 44.5 Å². The van der Waals surface area contributed by atoms with Gasteiger partial charge in [0.15, 0.2) is 0 Å². The van der Waals surface area contributed by atoms with Crippen LogP contribution in [-0.2, 0) is 5.88 Å². The van der Waals surface area contributed by atoms with E-state index in [1.54, 1.807) is 0 Å². The number of halogens is 2. The maximum Gasteiger partial charge on any atom is 0.129 e. The van der Waals surface area contributed by atoms with E-state index in [0.29, 0.717) is 5.88 Å². The largest absolute Gasteiger partial charge is 0.295 e. The van der Waals surface area contributed by atoms with Crippen molar-refractivity contribution in [3.05, 3.63) is 58.3 Å². The smallest absolute Gasteiger partial charge is 0.129 e. The number of hydrogen-bond acceptors (Lipinski definition) is 1. The van der Waals surface area contributed by atoms with Gasteiger partial charge in [-0.05, 0) is 36.8 Å². The highest BCUT2D eigenvalue weighted by molar-refractivity contribution is 9.10. The lowest BCUT2D eigenvalue weighted by molar-refractivity contribution is 0.971. The molecule has 19 heavy (non-hydrogen) atoms. The molecular weight excluding hydrogens is 324 g/mol. The van der Waals surface area contributed by atoms with Crippen molar-refractivity contribution in [3.63, 3.8) is 0 Å². The normalized spacial score (nSPS) is 11.1. The molecule has 3 aromatic rings. The van der Waals surface area contributed by atoms with Crippen LogP contribution in [0.1, 0.15) is 11.4 Å². The van der Waals surface area contributed by atoms with Crippen LogP contribution < -0.4 is 0 Å². The Kier molecular flexibility index (Phi) is 3.33. The fourth-order valence-electron chi connectivity index (χ4n) is 2.27. The number of rotatable bonds is 2. The van der Waals surface area contributed by atoms with Crippen LogP contribution in [0, 0.1) is 6.92 Å². The van der Waals surface area contributed by atoms with E-state index in [4.69, 9.17) is 11.6 Å². The number of hydrogen-bond donors (Lipinski definition) is 0. The van der Waals surface area contributed by atoms with Crippen LogP contribution >= 0.6 is 27.5 Å². The van der Waals surface area contributed by atoms with Crippen LogP contribution in [0.25, 0.3) is 16.7 Å². The molecule has 0 unspecified atom stereocenters. The van der Waals surface area contributed by atoms with Crippen LogP contribution in [0.5, 0.6) is 0 Å². The van der Waals surface area contributed by atoms with Crippen molar-refractivity contribution in [1.82, 2.24) is 9.55 Å². The van der Waals surface area contributed by atoms with Crippen molar-refractivity contribution in [3.8, 4) is 5.69 Å². The first-order valence-corrected chi connectivity index (χ1v) is 7.33. The zero-order valence-corrected chi connectivity index (χ0v) is 12.7. The maximum absolute atomic E-state index is 6.05. The molecule has 96 valence electrons. The zero-order chi connectivity index (χ0) is 13.4. The molecule has 0 amide bonds. The standard InChI is InChI=1S/C15H12BrClN2/c1-10-11(16)5-4-8-13(10)19-14-7-3-2-6-12(14)18-15(19)9-17/h2-8H,9H2,1H3. The molecule has 0 radical (unpaired) electrons. The number of aromatic nitrogens is 2. The monoisotopic (exact) mass is 334 g/mol. The number of alkyl halides is 1. The van der Waals surface area contributed by atoms with Gasteiger partial charge in [-0.3, -0.25) is 4.57 Å². The lowest BCUT2D eigenvalue weighted by atomic mass is 10.2. The Balaban J connectivity index is 2.38. The minimum absolute atomic E-state index is 0.390. The molecule has 0 fully saturated rings. The quantitative estimate of drug-likeness (QED) is 0.613. The summed E-state index contributed by atoms with van der Waals surface area (Å²) in [6.45, 7) is 2.09. The molecule has 0 aliphatic heterocycles. The van der Waals surface area contributed by atoms with Gasteiger partial charge in [-0.2, -0.15) is 0 Å². The van der Waals surface area contributed by atoms with Gasteiger partial charge in [0.25, 0.3) is 0 Å². The molecule has 0 aliphatic carbocycles. The van der Waals surface area contributed by atoms with E-state index in [0.717, 1.165) is 27.0 Å². The first-order chi connectivity index (χ1) is 9.22. The number of fused-ring (bicyclic) bond motifs is 1. The summed E-state index contributed by atoms with van der Waals surface area (Å²) in [7, 11) is 0. The number of nitrogens with zero attached hydrogens (tertiary/aromatic N) is 2. The van der Waals surface area contributed by atoms with Gasteiger partial charge in [0.05, 0.1) is 22.6 Å². The van der Waals surface area contributed by atoms with Gasteiger partial charge in [-0.15, -0.1) is 11.6 Å². The average Bonchev–Trinajstić information content (AvgIpc) is 2.80. The van der Waals surface area contributed by atoms with Crippen LogP contribution in [0.4, 0.5) is 0 Å². The Morgan fingerprint density at radius 3 is 2.74 bits per heavy atom. The van der Waals surface area contributed by atoms with E-state index in [9.17, 15) is 0 Å². The summed E-state index contributed by atoms with van der Waals surface area (Å²) in [5, 5.41) is 0. The van der Waals surface area contributed by atoms with Crippen LogP contribution in [-0.4, -0.2) is 9.55 Å².